The molecule has 3 atom stereocenters. The number of fused-ring (bicyclic) bond motifs is 1. The zero-order chi connectivity index (χ0) is 9.80. The number of hydrogen-bond acceptors (Lipinski definition) is 3. The van der Waals surface area contributed by atoms with Crippen molar-refractivity contribution in [3.05, 3.63) is 0 Å². The van der Waals surface area contributed by atoms with E-state index in [-0.39, 0.29) is 28.4 Å². The molecule has 0 aromatic rings. The lowest BCUT2D eigenvalue weighted by atomic mass is 9.98. The Morgan fingerprint density at radius 3 is 2.57 bits per heavy atom. The first-order chi connectivity index (χ1) is 5.93. The van der Waals surface area contributed by atoms with Gasteiger partial charge in [-0.3, -0.25) is 0 Å². The maximum Gasteiger partial charge on any atom is 0.364 e. The van der Waals surface area contributed by atoms with E-state index in [2.05, 4.69) is 0 Å². The number of aliphatic carboxylic acids is 1. The lowest BCUT2D eigenvalue weighted by molar-refractivity contribution is -0.872. The highest BCUT2D eigenvalue weighted by Crippen LogP contribution is 2.38. The van der Waals surface area contributed by atoms with E-state index in [0.29, 0.717) is 11.3 Å². The molecule has 0 bridgehead atoms. The number of amides is 1. The van der Waals surface area contributed by atoms with Crippen LogP contribution in [0.1, 0.15) is 20.3 Å². The average molecular weight is 238 g/mol. The smallest absolute Gasteiger partial charge is 0.364 e. The van der Waals surface area contributed by atoms with Gasteiger partial charge in [0.25, 0.3) is 0 Å². The zero-order valence-electron chi connectivity index (χ0n) is 7.91. The van der Waals surface area contributed by atoms with Gasteiger partial charge in [0.2, 0.25) is 6.04 Å². The number of thioether (sulfide) groups is 1. The maximum atomic E-state index is 11.2. The third-order valence-corrected chi connectivity index (χ3v) is 4.29. The number of rotatable bonds is 1. The van der Waals surface area contributed by atoms with Crippen LogP contribution in [-0.4, -0.2) is 33.1 Å². The minimum absolute atomic E-state index is 0. The number of carboxylic acid groups (broad SMARTS) is 1. The Bertz CT molecular complexity index is 294. The third-order valence-electron chi connectivity index (χ3n) is 2.74. The van der Waals surface area contributed by atoms with Gasteiger partial charge in [0, 0.05) is 0 Å². The second-order valence-electron chi connectivity index (χ2n) is 4.06. The molecule has 2 fully saturated rings. The molecule has 0 aromatic heterocycles. The Kier molecular flexibility index (Phi) is 2.87. The van der Waals surface area contributed by atoms with Crippen molar-refractivity contribution in [2.24, 2.45) is 0 Å². The molecule has 0 aromatic carbocycles. The lowest BCUT2D eigenvalue weighted by Gasteiger charge is -2.29. The van der Waals surface area contributed by atoms with Crippen molar-refractivity contribution in [2.45, 2.75) is 36.4 Å². The van der Waals surface area contributed by atoms with E-state index in [1.54, 1.807) is 11.8 Å². The van der Waals surface area contributed by atoms with Gasteiger partial charge in [0.15, 0.2) is 5.37 Å². The van der Waals surface area contributed by atoms with Crippen molar-refractivity contribution < 1.29 is 32.0 Å². The summed E-state index contributed by atoms with van der Waals surface area (Å²) in [5.74, 6) is -0.807. The van der Waals surface area contributed by atoms with Crippen LogP contribution in [0, 0.1) is 0 Å². The van der Waals surface area contributed by atoms with E-state index in [4.69, 9.17) is 5.11 Å². The first kappa shape index (κ1) is 11.8. The third kappa shape index (κ3) is 1.43. The minimum atomic E-state index is -0.858. The fourth-order valence-electron chi connectivity index (χ4n) is 2.14. The van der Waals surface area contributed by atoms with Gasteiger partial charge in [-0.05, 0) is 13.8 Å². The molecule has 2 N–H and O–H groups in total. The van der Waals surface area contributed by atoms with E-state index in [0.717, 1.165) is 0 Å². The Morgan fingerprint density at radius 1 is 1.64 bits per heavy atom. The molecule has 2 aliphatic heterocycles. The zero-order valence-corrected chi connectivity index (χ0v) is 9.48. The highest BCUT2D eigenvalue weighted by atomic mass is 35.5. The van der Waals surface area contributed by atoms with Crippen molar-refractivity contribution in [3.63, 3.8) is 0 Å². The quantitative estimate of drug-likeness (QED) is 0.458. The Hall–Kier alpha value is -0.260. The summed E-state index contributed by atoms with van der Waals surface area (Å²) >= 11 is 1.62. The number of halogens is 1. The molecule has 0 radical (unpaired) electrons. The van der Waals surface area contributed by atoms with E-state index in [1.807, 2.05) is 13.8 Å². The van der Waals surface area contributed by atoms with Crippen LogP contribution in [-0.2, 0) is 9.59 Å². The molecule has 2 saturated heterocycles. The molecular weight excluding hydrogens is 226 g/mol. The molecule has 4 nitrogen and oxygen atoms in total. The van der Waals surface area contributed by atoms with Gasteiger partial charge in [-0.2, -0.15) is 0 Å². The van der Waals surface area contributed by atoms with Crippen LogP contribution in [0.3, 0.4) is 0 Å². The first-order valence-corrected chi connectivity index (χ1v) is 5.12. The van der Waals surface area contributed by atoms with Crippen LogP contribution < -0.4 is 17.3 Å². The molecule has 80 valence electrons. The SMILES string of the molecule is CC1(C)S[C@@H]2CC(=O)[NH+]2[C@H]1C(=O)O.[Cl-]. The number of quaternary nitrogens is 1. The van der Waals surface area contributed by atoms with Crippen molar-refractivity contribution in [3.8, 4) is 0 Å². The molecular formula is C8H12ClNO3S. The maximum absolute atomic E-state index is 11.2. The second kappa shape index (κ2) is 3.40. The number of carbonyl (C=O) groups excluding carboxylic acids is 1. The first-order valence-electron chi connectivity index (χ1n) is 4.24. The van der Waals surface area contributed by atoms with Crippen molar-refractivity contribution in [1.29, 1.82) is 0 Å². The van der Waals surface area contributed by atoms with Crippen molar-refractivity contribution >= 4 is 23.6 Å². The van der Waals surface area contributed by atoms with Crippen molar-refractivity contribution in [1.82, 2.24) is 0 Å². The monoisotopic (exact) mass is 237 g/mol. The Labute approximate surface area is 92.4 Å². The number of carbonyl (C=O) groups is 2. The van der Waals surface area contributed by atoms with E-state index in [9.17, 15) is 9.59 Å². The predicted molar refractivity (Wildman–Crippen MR) is 47.5 cm³/mol. The van der Waals surface area contributed by atoms with E-state index < -0.39 is 12.0 Å². The summed E-state index contributed by atoms with van der Waals surface area (Å²) in [5.41, 5.74) is 0. The molecule has 1 amide bonds. The highest BCUT2D eigenvalue weighted by molar-refractivity contribution is 8.01. The summed E-state index contributed by atoms with van der Waals surface area (Å²) in [4.78, 5) is 22.8. The normalized spacial score (nSPS) is 38.1. The van der Waals surface area contributed by atoms with Gasteiger partial charge in [0.1, 0.15) is 6.42 Å². The fraction of sp³-hybridized carbons (Fsp3) is 0.750. The van der Waals surface area contributed by atoms with Crippen LogP contribution in [0.15, 0.2) is 0 Å². The molecule has 14 heavy (non-hydrogen) atoms. The molecule has 2 rings (SSSR count). The van der Waals surface area contributed by atoms with Crippen LogP contribution in [0.2, 0.25) is 0 Å². The summed E-state index contributed by atoms with van der Waals surface area (Å²) < 4.78 is -0.321. The number of β-lactam (4-membered cyclic amide) rings is 1. The van der Waals surface area contributed by atoms with Gasteiger partial charge < -0.3 is 17.5 Å². The highest BCUT2D eigenvalue weighted by Gasteiger charge is 2.64. The molecule has 1 unspecified atom stereocenters. The summed E-state index contributed by atoms with van der Waals surface area (Å²) in [6, 6.07) is -0.566. The molecule has 2 heterocycles. The topological polar surface area (TPSA) is 58.8 Å². The molecule has 2 aliphatic rings. The van der Waals surface area contributed by atoms with Crippen LogP contribution in [0.4, 0.5) is 0 Å². The van der Waals surface area contributed by atoms with Gasteiger partial charge in [-0.25, -0.2) is 14.5 Å². The van der Waals surface area contributed by atoms with Crippen LogP contribution in [0.25, 0.3) is 0 Å². The lowest BCUT2D eigenvalue weighted by Crippen LogP contribution is -3.26. The fourth-order valence-corrected chi connectivity index (χ4v) is 3.86. The van der Waals surface area contributed by atoms with Crippen LogP contribution >= 0.6 is 11.8 Å². The summed E-state index contributed by atoms with van der Waals surface area (Å²) in [7, 11) is 0. The van der Waals surface area contributed by atoms with Gasteiger partial charge in [-0.1, -0.05) is 11.8 Å². The van der Waals surface area contributed by atoms with E-state index in [1.165, 1.54) is 0 Å². The molecule has 0 spiro atoms. The predicted octanol–water partition coefficient (Wildman–Crippen LogP) is -3.89. The summed E-state index contributed by atoms with van der Waals surface area (Å²) in [5, 5.41) is 9.19. The second-order valence-corrected chi connectivity index (χ2v) is 5.92. The largest absolute Gasteiger partial charge is 1.00 e. The molecule has 0 saturated carbocycles. The average Bonchev–Trinajstić information content (AvgIpc) is 2.18. The van der Waals surface area contributed by atoms with Gasteiger partial charge in [0.05, 0.1) is 4.75 Å². The Morgan fingerprint density at radius 2 is 2.21 bits per heavy atom. The van der Waals surface area contributed by atoms with Gasteiger partial charge >= 0.3 is 11.9 Å². The van der Waals surface area contributed by atoms with E-state index >= 15 is 0 Å². The standard InChI is InChI=1S/C8H11NO3S.ClH/c1-8(2)6(7(11)12)9-4(10)3-5(9)13-8;/h5-6H,3H2,1-2H3,(H,11,12);1H/t5-,6+;/m1./s1. The number of hydrogen-bond donors (Lipinski definition) is 2. The number of carboxylic acids is 1. The molecule has 0 aliphatic carbocycles. The number of nitrogens with one attached hydrogen (secondary N) is 1. The van der Waals surface area contributed by atoms with Gasteiger partial charge in [-0.15, -0.1) is 0 Å². The molecule has 6 heteroatoms. The van der Waals surface area contributed by atoms with Crippen LogP contribution in [0.5, 0.6) is 0 Å². The summed E-state index contributed by atoms with van der Waals surface area (Å²) in [6.45, 7) is 3.80. The summed E-state index contributed by atoms with van der Waals surface area (Å²) in [6.07, 6.45) is 0.535. The minimum Gasteiger partial charge on any atom is -1.00 e. The Balaban J connectivity index is 0.000000980. The van der Waals surface area contributed by atoms with Crippen molar-refractivity contribution in [2.75, 3.05) is 0 Å².